The Morgan fingerprint density at radius 2 is 1.81 bits per heavy atom. The molecule has 3 fully saturated rings. The summed E-state index contributed by atoms with van der Waals surface area (Å²) in [6.45, 7) is 5.74. The molecule has 1 aromatic heterocycles. The SMILES string of the molecule is Clc1ccc(OC2COC3(CCN(Cc4ccnc(N5CCCCC5)n4)CC3)C2)cc1. The Morgan fingerprint density at radius 1 is 1.03 bits per heavy atom. The molecule has 3 aliphatic heterocycles. The number of ether oxygens (including phenoxy) is 2. The van der Waals surface area contributed by atoms with Crippen molar-refractivity contribution in [1.29, 1.82) is 0 Å². The fourth-order valence-electron chi connectivity index (χ4n) is 5.00. The second kappa shape index (κ2) is 9.31. The van der Waals surface area contributed by atoms with Gasteiger partial charge in [-0.1, -0.05) is 11.6 Å². The Labute approximate surface area is 189 Å². The number of hydrogen-bond acceptors (Lipinski definition) is 6. The summed E-state index contributed by atoms with van der Waals surface area (Å²) in [6, 6.07) is 9.64. The number of benzene rings is 1. The molecule has 1 aromatic carbocycles. The summed E-state index contributed by atoms with van der Waals surface area (Å²) in [4.78, 5) is 14.2. The smallest absolute Gasteiger partial charge is 0.225 e. The van der Waals surface area contributed by atoms with Gasteiger partial charge in [0.15, 0.2) is 0 Å². The van der Waals surface area contributed by atoms with E-state index in [2.05, 4.69) is 20.9 Å². The fourth-order valence-corrected chi connectivity index (χ4v) is 5.12. The third-order valence-electron chi connectivity index (χ3n) is 6.78. The number of piperidine rings is 2. The normalized spacial score (nSPS) is 23.9. The zero-order valence-electron chi connectivity index (χ0n) is 18.0. The number of hydrogen-bond donors (Lipinski definition) is 0. The van der Waals surface area contributed by atoms with Crippen LogP contribution < -0.4 is 9.64 Å². The van der Waals surface area contributed by atoms with Crippen LogP contribution in [0.2, 0.25) is 5.02 Å². The van der Waals surface area contributed by atoms with Crippen molar-refractivity contribution in [3.05, 3.63) is 47.2 Å². The molecule has 7 heteroatoms. The zero-order valence-corrected chi connectivity index (χ0v) is 18.8. The molecule has 4 heterocycles. The molecular weight excluding hydrogens is 412 g/mol. The first kappa shape index (κ1) is 21.0. The van der Waals surface area contributed by atoms with Crippen molar-refractivity contribution in [2.24, 2.45) is 0 Å². The molecule has 166 valence electrons. The summed E-state index contributed by atoms with van der Waals surface area (Å²) in [5, 5.41) is 0.727. The lowest BCUT2D eigenvalue weighted by atomic mass is 9.88. The van der Waals surface area contributed by atoms with Crippen molar-refractivity contribution in [3.63, 3.8) is 0 Å². The monoisotopic (exact) mass is 442 g/mol. The summed E-state index contributed by atoms with van der Waals surface area (Å²) < 4.78 is 12.4. The lowest BCUT2D eigenvalue weighted by molar-refractivity contribution is -0.0456. The summed E-state index contributed by atoms with van der Waals surface area (Å²) in [6.07, 6.45) is 8.86. The first-order valence-electron chi connectivity index (χ1n) is 11.5. The fraction of sp³-hybridized carbons (Fsp3) is 0.583. The molecule has 0 aliphatic carbocycles. The largest absolute Gasteiger partial charge is 0.488 e. The van der Waals surface area contributed by atoms with E-state index >= 15 is 0 Å². The first-order chi connectivity index (χ1) is 15.2. The number of likely N-dealkylation sites (tertiary alicyclic amines) is 1. The second-order valence-electron chi connectivity index (χ2n) is 9.06. The summed E-state index contributed by atoms with van der Waals surface area (Å²) in [5.74, 6) is 1.76. The maximum absolute atomic E-state index is 6.28. The Hall–Kier alpha value is -1.89. The predicted octanol–water partition coefficient (Wildman–Crippen LogP) is 4.32. The Kier molecular flexibility index (Phi) is 6.30. The number of nitrogens with zero attached hydrogens (tertiary/aromatic N) is 4. The molecule has 0 N–H and O–H groups in total. The van der Waals surface area contributed by atoms with Crippen molar-refractivity contribution in [1.82, 2.24) is 14.9 Å². The molecule has 0 saturated carbocycles. The number of aromatic nitrogens is 2. The molecular formula is C24H31ClN4O2. The van der Waals surface area contributed by atoms with Crippen LogP contribution in [-0.2, 0) is 11.3 Å². The number of anilines is 1. The highest BCUT2D eigenvalue weighted by molar-refractivity contribution is 6.30. The molecule has 0 radical (unpaired) electrons. The van der Waals surface area contributed by atoms with Gasteiger partial charge in [0, 0.05) is 50.4 Å². The lowest BCUT2D eigenvalue weighted by Gasteiger charge is -2.38. The summed E-state index contributed by atoms with van der Waals surface area (Å²) in [7, 11) is 0. The van der Waals surface area contributed by atoms with Gasteiger partial charge < -0.3 is 14.4 Å². The van der Waals surface area contributed by atoms with Crippen LogP contribution >= 0.6 is 11.6 Å². The van der Waals surface area contributed by atoms with E-state index in [1.165, 1.54) is 19.3 Å². The van der Waals surface area contributed by atoms with Crippen LogP contribution in [0.1, 0.15) is 44.2 Å². The van der Waals surface area contributed by atoms with E-state index in [9.17, 15) is 0 Å². The minimum Gasteiger partial charge on any atom is -0.488 e. The lowest BCUT2D eigenvalue weighted by Crippen LogP contribution is -2.44. The summed E-state index contributed by atoms with van der Waals surface area (Å²) >= 11 is 5.97. The van der Waals surface area contributed by atoms with Gasteiger partial charge in [-0.05, 0) is 62.4 Å². The molecule has 3 saturated heterocycles. The van der Waals surface area contributed by atoms with Crippen LogP contribution in [0, 0.1) is 0 Å². The maximum Gasteiger partial charge on any atom is 0.225 e. The van der Waals surface area contributed by atoms with E-state index in [1.54, 1.807) is 0 Å². The van der Waals surface area contributed by atoms with Gasteiger partial charge in [0.2, 0.25) is 5.95 Å². The Bertz CT molecular complexity index is 864. The minimum absolute atomic E-state index is 0.0434. The number of halogens is 1. The van der Waals surface area contributed by atoms with Crippen LogP contribution in [-0.4, -0.2) is 59.4 Å². The second-order valence-corrected chi connectivity index (χ2v) is 9.50. The number of rotatable bonds is 5. The van der Waals surface area contributed by atoms with Gasteiger partial charge in [-0.2, -0.15) is 0 Å². The van der Waals surface area contributed by atoms with Crippen molar-refractivity contribution < 1.29 is 9.47 Å². The predicted molar refractivity (Wildman–Crippen MR) is 122 cm³/mol. The van der Waals surface area contributed by atoms with Gasteiger partial charge >= 0.3 is 0 Å². The van der Waals surface area contributed by atoms with E-state index in [0.717, 1.165) is 74.4 Å². The van der Waals surface area contributed by atoms with Crippen molar-refractivity contribution in [2.45, 2.75) is 56.8 Å². The first-order valence-corrected chi connectivity index (χ1v) is 11.9. The quantitative estimate of drug-likeness (QED) is 0.687. The van der Waals surface area contributed by atoms with E-state index in [4.69, 9.17) is 26.1 Å². The van der Waals surface area contributed by atoms with E-state index in [0.29, 0.717) is 6.61 Å². The Morgan fingerprint density at radius 3 is 2.58 bits per heavy atom. The van der Waals surface area contributed by atoms with E-state index < -0.39 is 0 Å². The molecule has 0 bridgehead atoms. The van der Waals surface area contributed by atoms with Gasteiger partial charge in [0.05, 0.1) is 17.9 Å². The van der Waals surface area contributed by atoms with Crippen LogP contribution in [0.15, 0.2) is 36.5 Å². The standard InChI is InChI=1S/C24H31ClN4O2/c25-19-4-6-21(7-5-19)31-22-16-24(30-18-22)9-14-28(15-10-24)17-20-8-11-26-23(27-20)29-12-2-1-3-13-29/h4-8,11,22H,1-3,9-10,12-18H2. The van der Waals surface area contributed by atoms with Crippen LogP contribution in [0.3, 0.4) is 0 Å². The van der Waals surface area contributed by atoms with Crippen molar-refractivity contribution in [2.75, 3.05) is 37.7 Å². The maximum atomic E-state index is 6.28. The van der Waals surface area contributed by atoms with Gasteiger partial charge in [-0.15, -0.1) is 0 Å². The molecule has 6 nitrogen and oxygen atoms in total. The molecule has 3 aliphatic rings. The molecule has 31 heavy (non-hydrogen) atoms. The molecule has 1 unspecified atom stereocenters. The topological polar surface area (TPSA) is 50.7 Å². The van der Waals surface area contributed by atoms with Crippen molar-refractivity contribution >= 4 is 17.5 Å². The van der Waals surface area contributed by atoms with Gasteiger partial charge in [-0.3, -0.25) is 4.90 Å². The zero-order chi connectivity index (χ0) is 21.1. The average Bonchev–Trinajstić information content (AvgIpc) is 3.20. The highest BCUT2D eigenvalue weighted by Gasteiger charge is 2.43. The molecule has 1 spiro atoms. The highest BCUT2D eigenvalue weighted by atomic mass is 35.5. The summed E-state index contributed by atoms with van der Waals surface area (Å²) in [5.41, 5.74) is 1.07. The van der Waals surface area contributed by atoms with Crippen LogP contribution in [0.5, 0.6) is 5.75 Å². The van der Waals surface area contributed by atoms with Gasteiger partial charge in [-0.25, -0.2) is 9.97 Å². The molecule has 0 amide bonds. The third-order valence-corrected chi connectivity index (χ3v) is 7.04. The molecule has 2 aromatic rings. The Balaban J connectivity index is 1.13. The minimum atomic E-state index is -0.0434. The van der Waals surface area contributed by atoms with Gasteiger partial charge in [0.1, 0.15) is 11.9 Å². The van der Waals surface area contributed by atoms with E-state index in [1.807, 2.05) is 30.5 Å². The molecule has 1 atom stereocenters. The highest BCUT2D eigenvalue weighted by Crippen LogP contribution is 2.37. The average molecular weight is 443 g/mol. The van der Waals surface area contributed by atoms with Crippen LogP contribution in [0.4, 0.5) is 5.95 Å². The van der Waals surface area contributed by atoms with Crippen molar-refractivity contribution in [3.8, 4) is 5.75 Å². The third kappa shape index (κ3) is 5.13. The van der Waals surface area contributed by atoms with Crippen LogP contribution in [0.25, 0.3) is 0 Å². The molecule has 5 rings (SSSR count). The van der Waals surface area contributed by atoms with E-state index in [-0.39, 0.29) is 11.7 Å². The van der Waals surface area contributed by atoms with Gasteiger partial charge in [0.25, 0.3) is 0 Å².